The summed E-state index contributed by atoms with van der Waals surface area (Å²) in [5, 5.41) is 7.89. The van der Waals surface area contributed by atoms with Gasteiger partial charge in [-0.05, 0) is 49.6 Å². The average Bonchev–Trinajstić information content (AvgIpc) is 3.05. The Balaban J connectivity index is 1.66. The Morgan fingerprint density at radius 3 is 2.42 bits per heavy atom. The number of rotatable bonds is 6. The number of fused-ring (bicyclic) bond motifs is 1. The Kier molecular flexibility index (Phi) is 5.91. The van der Waals surface area contributed by atoms with Crippen LogP contribution >= 0.6 is 0 Å². The number of carbonyl (C=O) groups excluding carboxylic acids is 2. The van der Waals surface area contributed by atoms with Crippen LogP contribution in [0.1, 0.15) is 50.3 Å². The van der Waals surface area contributed by atoms with Crippen LogP contribution in [0, 0.1) is 19.7 Å². The van der Waals surface area contributed by atoms with Crippen molar-refractivity contribution in [3.05, 3.63) is 88.1 Å². The molecule has 168 valence electrons. The minimum absolute atomic E-state index is 0.113. The quantitative estimate of drug-likeness (QED) is 0.465. The average molecular weight is 445 g/mol. The molecule has 8 heteroatoms. The topological polar surface area (TPSA) is 103 Å². The van der Waals surface area contributed by atoms with Gasteiger partial charge in [-0.3, -0.25) is 14.3 Å². The maximum atomic E-state index is 13.7. The fourth-order valence-corrected chi connectivity index (χ4v) is 3.78. The normalized spacial score (nSPS) is 11.0. The van der Waals surface area contributed by atoms with Crippen LogP contribution in [-0.4, -0.2) is 26.6 Å². The van der Waals surface area contributed by atoms with E-state index in [0.717, 1.165) is 23.7 Å². The summed E-state index contributed by atoms with van der Waals surface area (Å²) in [7, 11) is 0. The molecule has 0 atom stereocenters. The molecule has 2 aromatic heterocycles. The summed E-state index contributed by atoms with van der Waals surface area (Å²) in [5.41, 5.74) is 10.0. The van der Waals surface area contributed by atoms with E-state index in [1.54, 1.807) is 0 Å². The molecular formula is C25H24FN5O2. The minimum atomic E-state index is -0.801. The summed E-state index contributed by atoms with van der Waals surface area (Å²) >= 11 is 0. The first-order chi connectivity index (χ1) is 15.8. The Morgan fingerprint density at radius 2 is 1.76 bits per heavy atom. The summed E-state index contributed by atoms with van der Waals surface area (Å²) in [5.74, 6) is -1.79. The van der Waals surface area contributed by atoms with E-state index in [1.807, 2.05) is 18.5 Å². The molecule has 7 nitrogen and oxygen atoms in total. The number of aromatic nitrogens is 3. The highest BCUT2D eigenvalue weighted by Gasteiger charge is 2.19. The zero-order chi connectivity index (χ0) is 23.7. The number of carbonyl (C=O) groups is 2. The number of benzene rings is 2. The number of hydrogen-bond donors (Lipinski definition) is 2. The lowest BCUT2D eigenvalue weighted by molar-refractivity contribution is 0.0996. The van der Waals surface area contributed by atoms with Gasteiger partial charge in [0.25, 0.3) is 11.8 Å². The smallest absolute Gasteiger partial charge is 0.267 e. The largest absolute Gasteiger partial charge is 0.364 e. The van der Waals surface area contributed by atoms with Crippen molar-refractivity contribution < 1.29 is 14.0 Å². The van der Waals surface area contributed by atoms with E-state index >= 15 is 0 Å². The first-order valence-electron chi connectivity index (χ1n) is 10.6. The summed E-state index contributed by atoms with van der Waals surface area (Å²) in [6, 6.07) is 13.5. The predicted octanol–water partition coefficient (Wildman–Crippen LogP) is 4.15. The van der Waals surface area contributed by atoms with E-state index in [1.165, 1.54) is 23.8 Å². The Hall–Kier alpha value is -4.07. The van der Waals surface area contributed by atoms with Gasteiger partial charge >= 0.3 is 0 Å². The van der Waals surface area contributed by atoms with E-state index in [2.05, 4.69) is 46.6 Å². The van der Waals surface area contributed by atoms with Gasteiger partial charge in [-0.1, -0.05) is 31.2 Å². The van der Waals surface area contributed by atoms with Crippen molar-refractivity contribution >= 4 is 28.4 Å². The van der Waals surface area contributed by atoms with E-state index in [4.69, 9.17) is 5.73 Å². The number of primary amides is 1. The van der Waals surface area contributed by atoms with Crippen LogP contribution in [0.25, 0.3) is 10.9 Å². The second-order valence-corrected chi connectivity index (χ2v) is 7.91. The summed E-state index contributed by atoms with van der Waals surface area (Å²) in [6.07, 6.45) is 0.976. The molecule has 0 saturated carbocycles. The molecule has 0 radical (unpaired) electrons. The molecule has 4 rings (SSSR count). The first kappa shape index (κ1) is 22.1. The molecule has 0 aliphatic carbocycles. The van der Waals surface area contributed by atoms with Crippen molar-refractivity contribution in [1.82, 2.24) is 14.8 Å². The summed E-state index contributed by atoms with van der Waals surface area (Å²) in [6.45, 7) is 6.37. The molecule has 0 aliphatic heterocycles. The van der Waals surface area contributed by atoms with Gasteiger partial charge in [0.15, 0.2) is 0 Å². The first-order valence-corrected chi connectivity index (χ1v) is 10.6. The molecule has 0 spiro atoms. The van der Waals surface area contributed by atoms with Crippen molar-refractivity contribution in [3.8, 4) is 0 Å². The SMILES string of the molecule is CCc1ccc(Cn2nc(C)c(NC(=O)c3cc(C(N)=O)nc4cc(F)ccc34)c2C)cc1. The fraction of sp³-hybridized carbons (Fsp3) is 0.200. The maximum Gasteiger partial charge on any atom is 0.267 e. The Labute approximate surface area is 190 Å². The molecule has 2 aromatic carbocycles. The molecule has 2 amide bonds. The Morgan fingerprint density at radius 1 is 1.06 bits per heavy atom. The second kappa shape index (κ2) is 8.82. The van der Waals surface area contributed by atoms with Crippen LogP contribution in [0.3, 0.4) is 0 Å². The molecule has 33 heavy (non-hydrogen) atoms. The van der Waals surface area contributed by atoms with Crippen LogP contribution in [0.2, 0.25) is 0 Å². The van der Waals surface area contributed by atoms with E-state index in [9.17, 15) is 14.0 Å². The van der Waals surface area contributed by atoms with E-state index in [-0.39, 0.29) is 16.8 Å². The van der Waals surface area contributed by atoms with Crippen molar-refractivity contribution in [1.29, 1.82) is 0 Å². The minimum Gasteiger partial charge on any atom is -0.364 e. The van der Waals surface area contributed by atoms with Gasteiger partial charge in [0.1, 0.15) is 11.5 Å². The van der Waals surface area contributed by atoms with Crippen molar-refractivity contribution in [2.45, 2.75) is 33.7 Å². The van der Waals surface area contributed by atoms with Gasteiger partial charge in [0.05, 0.1) is 34.7 Å². The monoisotopic (exact) mass is 445 g/mol. The molecule has 4 aromatic rings. The number of anilines is 1. The molecular weight excluding hydrogens is 421 g/mol. The van der Waals surface area contributed by atoms with Crippen molar-refractivity contribution in [3.63, 3.8) is 0 Å². The maximum absolute atomic E-state index is 13.7. The highest BCUT2D eigenvalue weighted by Crippen LogP contribution is 2.25. The number of hydrogen-bond acceptors (Lipinski definition) is 4. The van der Waals surface area contributed by atoms with Gasteiger partial charge < -0.3 is 11.1 Å². The standard InChI is InChI=1S/C25H24FN5O2/c1-4-16-5-7-17(8-6-16)13-31-15(3)23(14(2)30-31)29-25(33)20-12-22(24(27)32)28-21-11-18(26)9-10-19(20)21/h5-12H,4,13H2,1-3H3,(H2,27,32)(H,29,33). The van der Waals surface area contributed by atoms with Gasteiger partial charge in [-0.15, -0.1) is 0 Å². The third-order valence-electron chi connectivity index (χ3n) is 5.65. The number of nitrogens with one attached hydrogen (secondary N) is 1. The van der Waals surface area contributed by atoms with Crippen LogP contribution < -0.4 is 11.1 Å². The van der Waals surface area contributed by atoms with E-state index in [0.29, 0.717) is 23.3 Å². The van der Waals surface area contributed by atoms with Gasteiger partial charge in [0.2, 0.25) is 0 Å². The summed E-state index contributed by atoms with van der Waals surface area (Å²) in [4.78, 5) is 29.0. The fourth-order valence-electron chi connectivity index (χ4n) is 3.78. The lowest BCUT2D eigenvalue weighted by atomic mass is 10.1. The highest BCUT2D eigenvalue weighted by atomic mass is 19.1. The van der Waals surface area contributed by atoms with Crippen molar-refractivity contribution in [2.75, 3.05) is 5.32 Å². The van der Waals surface area contributed by atoms with Crippen LogP contribution in [0.5, 0.6) is 0 Å². The van der Waals surface area contributed by atoms with Crippen LogP contribution in [-0.2, 0) is 13.0 Å². The number of halogens is 1. The number of amides is 2. The number of nitrogens with two attached hydrogens (primary N) is 1. The molecule has 0 aliphatic rings. The lowest BCUT2D eigenvalue weighted by Gasteiger charge is -2.10. The number of aryl methyl sites for hydroxylation is 2. The number of pyridine rings is 1. The van der Waals surface area contributed by atoms with Gasteiger partial charge in [-0.25, -0.2) is 9.37 Å². The van der Waals surface area contributed by atoms with Gasteiger partial charge in [0, 0.05) is 11.5 Å². The zero-order valence-electron chi connectivity index (χ0n) is 18.6. The molecule has 0 bridgehead atoms. The Bertz CT molecular complexity index is 1380. The molecule has 0 fully saturated rings. The molecule has 0 saturated heterocycles. The lowest BCUT2D eigenvalue weighted by Crippen LogP contribution is -2.18. The van der Waals surface area contributed by atoms with Crippen LogP contribution in [0.15, 0.2) is 48.5 Å². The van der Waals surface area contributed by atoms with Crippen molar-refractivity contribution in [2.24, 2.45) is 5.73 Å². The molecule has 2 heterocycles. The molecule has 0 unspecified atom stereocenters. The zero-order valence-corrected chi connectivity index (χ0v) is 18.6. The third-order valence-corrected chi connectivity index (χ3v) is 5.65. The summed E-state index contributed by atoms with van der Waals surface area (Å²) < 4.78 is 15.5. The predicted molar refractivity (Wildman–Crippen MR) is 125 cm³/mol. The highest BCUT2D eigenvalue weighted by molar-refractivity contribution is 6.14. The van der Waals surface area contributed by atoms with Crippen LogP contribution in [0.4, 0.5) is 10.1 Å². The molecule has 3 N–H and O–H groups in total. The van der Waals surface area contributed by atoms with E-state index < -0.39 is 17.6 Å². The number of nitrogens with zero attached hydrogens (tertiary/aromatic N) is 3. The third kappa shape index (κ3) is 4.45. The second-order valence-electron chi connectivity index (χ2n) is 7.91. The van der Waals surface area contributed by atoms with Gasteiger partial charge in [-0.2, -0.15) is 5.10 Å².